The van der Waals surface area contributed by atoms with Crippen LogP contribution in [0.5, 0.6) is 11.5 Å². The predicted molar refractivity (Wildman–Crippen MR) is 113 cm³/mol. The maximum atomic E-state index is 12.2. The van der Waals surface area contributed by atoms with Crippen molar-refractivity contribution in [3.63, 3.8) is 0 Å². The molecule has 0 aromatic heterocycles. The van der Waals surface area contributed by atoms with Crippen molar-refractivity contribution in [3.8, 4) is 11.5 Å². The van der Waals surface area contributed by atoms with Gasteiger partial charge in [0.15, 0.2) is 11.5 Å². The van der Waals surface area contributed by atoms with Gasteiger partial charge in [0, 0.05) is 44.5 Å². The zero-order valence-electron chi connectivity index (χ0n) is 17.0. The Hall–Kier alpha value is -3.10. The van der Waals surface area contributed by atoms with E-state index in [-0.39, 0.29) is 19.2 Å². The third-order valence-corrected chi connectivity index (χ3v) is 5.37. The Morgan fingerprint density at radius 1 is 0.967 bits per heavy atom. The van der Waals surface area contributed by atoms with E-state index in [2.05, 4.69) is 51.6 Å². The lowest BCUT2D eigenvalue weighted by molar-refractivity contribution is -0.121. The monoisotopic (exact) mass is 410 g/mol. The highest BCUT2D eigenvalue weighted by Gasteiger charge is 2.20. The zero-order valence-corrected chi connectivity index (χ0v) is 17.0. The maximum absolute atomic E-state index is 12.2. The fraction of sp³-hybridized carbons (Fsp3) is 0.364. The molecule has 2 N–H and O–H groups in total. The molecule has 2 aromatic carbocycles. The second kappa shape index (κ2) is 9.15. The summed E-state index contributed by atoms with van der Waals surface area (Å²) < 4.78 is 10.5. The molecule has 2 aliphatic rings. The first-order valence-corrected chi connectivity index (χ1v) is 10.1. The molecule has 30 heavy (non-hydrogen) atoms. The summed E-state index contributed by atoms with van der Waals surface area (Å²) in [7, 11) is 0. The number of rotatable bonds is 5. The molecular weight excluding hydrogens is 384 g/mol. The maximum Gasteiger partial charge on any atom is 0.325 e. The van der Waals surface area contributed by atoms with Crippen LogP contribution < -0.4 is 20.1 Å². The van der Waals surface area contributed by atoms with E-state index >= 15 is 0 Å². The average Bonchev–Trinajstić information content (AvgIpc) is 3.19. The van der Waals surface area contributed by atoms with E-state index in [1.54, 1.807) is 18.2 Å². The smallest absolute Gasteiger partial charge is 0.325 e. The van der Waals surface area contributed by atoms with Gasteiger partial charge in [0.25, 0.3) is 0 Å². The van der Waals surface area contributed by atoms with E-state index in [0.717, 1.165) is 32.7 Å². The van der Waals surface area contributed by atoms with Crippen LogP contribution in [0.15, 0.2) is 42.5 Å². The number of anilines is 1. The number of carbonyl (C=O) groups excluding carboxylic acids is 2. The van der Waals surface area contributed by atoms with Gasteiger partial charge in [0.1, 0.15) is 0 Å². The minimum Gasteiger partial charge on any atom is -0.454 e. The molecule has 0 unspecified atom stereocenters. The fourth-order valence-electron chi connectivity index (χ4n) is 3.64. The van der Waals surface area contributed by atoms with Gasteiger partial charge in [-0.1, -0.05) is 24.3 Å². The highest BCUT2D eigenvalue weighted by molar-refractivity contribution is 6.01. The van der Waals surface area contributed by atoms with Gasteiger partial charge in [0.05, 0.1) is 6.54 Å². The number of nitrogens with zero attached hydrogens (tertiary/aromatic N) is 2. The lowest BCUT2D eigenvalue weighted by Gasteiger charge is -2.34. The van der Waals surface area contributed by atoms with Gasteiger partial charge < -0.3 is 14.8 Å². The number of ether oxygens (including phenoxy) is 2. The van der Waals surface area contributed by atoms with Gasteiger partial charge in [-0.05, 0) is 30.2 Å². The number of imide groups is 1. The van der Waals surface area contributed by atoms with Crippen molar-refractivity contribution >= 4 is 17.6 Å². The molecule has 2 aromatic rings. The summed E-state index contributed by atoms with van der Waals surface area (Å²) in [5, 5.41) is 5.03. The first-order chi connectivity index (χ1) is 14.6. The van der Waals surface area contributed by atoms with Crippen LogP contribution >= 0.6 is 0 Å². The summed E-state index contributed by atoms with van der Waals surface area (Å²) >= 11 is 0. The molecule has 3 amide bonds. The minimum atomic E-state index is -0.558. The number of amides is 3. The zero-order chi connectivity index (χ0) is 20.9. The van der Waals surface area contributed by atoms with Crippen molar-refractivity contribution < 1.29 is 19.1 Å². The number of benzene rings is 2. The first-order valence-electron chi connectivity index (χ1n) is 10.1. The van der Waals surface area contributed by atoms with Crippen LogP contribution in [0.2, 0.25) is 0 Å². The van der Waals surface area contributed by atoms with Gasteiger partial charge >= 0.3 is 6.03 Å². The van der Waals surface area contributed by atoms with Gasteiger partial charge in [0.2, 0.25) is 12.7 Å². The number of aryl methyl sites for hydroxylation is 1. The number of fused-ring (bicyclic) bond motifs is 1. The van der Waals surface area contributed by atoms with E-state index in [4.69, 9.17) is 9.47 Å². The van der Waals surface area contributed by atoms with Gasteiger partial charge in [-0.25, -0.2) is 4.79 Å². The third kappa shape index (κ3) is 5.08. The second-order valence-electron chi connectivity index (χ2n) is 7.55. The molecule has 0 saturated carbocycles. The predicted octanol–water partition coefficient (Wildman–Crippen LogP) is 2.19. The largest absolute Gasteiger partial charge is 0.454 e. The molecule has 0 spiro atoms. The third-order valence-electron chi connectivity index (χ3n) is 5.37. The Morgan fingerprint density at radius 3 is 2.50 bits per heavy atom. The van der Waals surface area contributed by atoms with Gasteiger partial charge in [-0.15, -0.1) is 0 Å². The molecular formula is C22H26N4O4. The molecule has 0 bridgehead atoms. The van der Waals surface area contributed by atoms with Gasteiger partial charge in [-0.2, -0.15) is 0 Å². The summed E-state index contributed by atoms with van der Waals surface area (Å²) in [6, 6.07) is 12.9. The Morgan fingerprint density at radius 2 is 1.70 bits per heavy atom. The molecule has 8 heteroatoms. The van der Waals surface area contributed by atoms with Crippen LogP contribution in [-0.4, -0.2) is 61.3 Å². The Bertz CT molecular complexity index is 925. The van der Waals surface area contributed by atoms with E-state index in [9.17, 15) is 9.59 Å². The number of piperazine rings is 1. The molecule has 1 saturated heterocycles. The van der Waals surface area contributed by atoms with Crippen LogP contribution in [0.4, 0.5) is 10.5 Å². The number of hydrogen-bond acceptors (Lipinski definition) is 6. The molecule has 158 valence electrons. The Labute approximate surface area is 175 Å². The van der Waals surface area contributed by atoms with Crippen molar-refractivity contribution in [1.29, 1.82) is 0 Å². The number of carbonyl (C=O) groups is 2. The van der Waals surface area contributed by atoms with E-state index < -0.39 is 6.03 Å². The average molecular weight is 410 g/mol. The quantitative estimate of drug-likeness (QED) is 0.786. The molecule has 0 aliphatic carbocycles. The lowest BCUT2D eigenvalue weighted by atomic mass is 10.1. The van der Waals surface area contributed by atoms with Gasteiger partial charge in [-0.3, -0.25) is 19.9 Å². The summed E-state index contributed by atoms with van der Waals surface area (Å²) in [4.78, 5) is 28.8. The molecule has 1 fully saturated rings. The Balaban J connectivity index is 1.19. The fourth-order valence-corrected chi connectivity index (χ4v) is 3.64. The van der Waals surface area contributed by atoms with Crippen molar-refractivity contribution in [3.05, 3.63) is 53.6 Å². The van der Waals surface area contributed by atoms with Crippen molar-refractivity contribution in [1.82, 2.24) is 15.1 Å². The molecule has 0 atom stereocenters. The second-order valence-corrected chi connectivity index (χ2v) is 7.55. The molecule has 8 nitrogen and oxygen atoms in total. The van der Waals surface area contributed by atoms with E-state index in [0.29, 0.717) is 17.2 Å². The summed E-state index contributed by atoms with van der Waals surface area (Å²) in [5.41, 5.74) is 3.17. The van der Waals surface area contributed by atoms with Crippen LogP contribution in [0.3, 0.4) is 0 Å². The van der Waals surface area contributed by atoms with Crippen LogP contribution in [0.1, 0.15) is 11.1 Å². The molecule has 0 radical (unpaired) electrons. The normalized spacial score (nSPS) is 16.3. The molecule has 2 heterocycles. The van der Waals surface area contributed by atoms with E-state index in [1.807, 2.05) is 0 Å². The Kier molecular flexibility index (Phi) is 6.15. The molecule has 4 rings (SSSR count). The highest BCUT2D eigenvalue weighted by atomic mass is 16.7. The minimum absolute atomic E-state index is 0.168. The van der Waals surface area contributed by atoms with E-state index in [1.165, 1.54) is 11.1 Å². The van der Waals surface area contributed by atoms with Crippen molar-refractivity contribution in [2.75, 3.05) is 44.8 Å². The van der Waals surface area contributed by atoms with Crippen molar-refractivity contribution in [2.45, 2.75) is 13.5 Å². The van der Waals surface area contributed by atoms with Crippen LogP contribution in [0.25, 0.3) is 0 Å². The lowest BCUT2D eigenvalue weighted by Crippen LogP contribution is -2.50. The van der Waals surface area contributed by atoms with Crippen LogP contribution in [-0.2, 0) is 11.3 Å². The number of nitrogens with one attached hydrogen (secondary N) is 2. The standard InChI is InChI=1S/C22H26N4O4/c1-16-4-2-3-5-17(16)13-25-8-10-26(11-9-25)14-21(27)24-22(28)23-18-6-7-19-20(12-18)30-15-29-19/h2-7,12H,8-11,13-15H2,1H3,(H2,23,24,27,28). The summed E-state index contributed by atoms with van der Waals surface area (Å²) in [6.07, 6.45) is 0. The first kappa shape index (κ1) is 20.2. The number of urea groups is 1. The molecule has 2 aliphatic heterocycles. The van der Waals surface area contributed by atoms with Crippen LogP contribution in [0, 0.1) is 6.92 Å². The topological polar surface area (TPSA) is 83.1 Å². The SMILES string of the molecule is Cc1ccccc1CN1CCN(CC(=O)NC(=O)Nc2ccc3c(c2)OCO3)CC1. The highest BCUT2D eigenvalue weighted by Crippen LogP contribution is 2.34. The van der Waals surface area contributed by atoms with Crippen molar-refractivity contribution in [2.24, 2.45) is 0 Å². The number of hydrogen-bond donors (Lipinski definition) is 2. The summed E-state index contributed by atoms with van der Waals surface area (Å²) in [5.74, 6) is 0.891. The summed E-state index contributed by atoms with van der Waals surface area (Å²) in [6.45, 7) is 6.80.